The third kappa shape index (κ3) is 4.71. The summed E-state index contributed by atoms with van der Waals surface area (Å²) < 4.78 is 9.52. The lowest BCUT2D eigenvalue weighted by molar-refractivity contribution is 0.243. The number of pyridine rings is 1. The Balaban J connectivity index is 1.52. The number of amides is 2. The summed E-state index contributed by atoms with van der Waals surface area (Å²) in [6.07, 6.45) is 4.47. The highest BCUT2D eigenvalue weighted by molar-refractivity contribution is 7.10. The van der Waals surface area contributed by atoms with E-state index < -0.39 is 0 Å². The molecule has 3 heterocycles. The lowest BCUT2D eigenvalue weighted by Crippen LogP contribution is -2.50. The number of nitrogens with zero attached hydrogens (tertiary/aromatic N) is 3. The number of hydrogen-bond acceptors (Lipinski definition) is 6. The molecular weight excluding hydrogens is 398 g/mol. The molecule has 0 aliphatic carbocycles. The second kappa shape index (κ2) is 9.13. The Morgan fingerprint density at radius 2 is 1.97 bits per heavy atom. The third-order valence-corrected chi connectivity index (χ3v) is 6.16. The first-order valence-corrected chi connectivity index (χ1v) is 10.7. The molecule has 0 bridgehead atoms. The molecule has 30 heavy (non-hydrogen) atoms. The molecule has 1 aliphatic rings. The van der Waals surface area contributed by atoms with Crippen LogP contribution in [0, 0.1) is 6.92 Å². The van der Waals surface area contributed by atoms with Crippen LogP contribution in [0.15, 0.2) is 54.9 Å². The number of carbonyl (C=O) groups is 1. The van der Waals surface area contributed by atoms with Crippen LogP contribution in [0.2, 0.25) is 0 Å². The van der Waals surface area contributed by atoms with Crippen molar-refractivity contribution in [2.75, 3.05) is 30.4 Å². The topological polar surface area (TPSA) is 79.4 Å². The highest BCUT2D eigenvalue weighted by Gasteiger charge is 2.32. The van der Waals surface area contributed by atoms with Gasteiger partial charge < -0.3 is 15.0 Å². The van der Waals surface area contributed by atoms with Crippen molar-refractivity contribution in [1.29, 1.82) is 0 Å². The lowest BCUT2D eigenvalue weighted by Gasteiger charge is -2.40. The number of anilines is 2. The van der Waals surface area contributed by atoms with Crippen LogP contribution >= 0.6 is 11.5 Å². The standard InChI is InChI=1S/C22H25N5O2S/c1-15-13-21(30-26-15)25-22(28)24-20-9-12-27(17-7-10-23-11-8-17)14-19(20)16-3-5-18(29-2)6-4-16/h3-8,10-11,13,19-20H,9,12,14H2,1-2H3,(H2,24,25,28). The number of urea groups is 1. The average molecular weight is 424 g/mol. The van der Waals surface area contributed by atoms with Crippen LogP contribution in [0.1, 0.15) is 23.6 Å². The predicted molar refractivity (Wildman–Crippen MR) is 120 cm³/mol. The molecule has 2 aromatic heterocycles. The SMILES string of the molecule is COc1ccc(C2CN(c3ccncc3)CCC2NC(=O)Nc2cc(C)ns2)cc1. The Morgan fingerprint density at radius 3 is 2.63 bits per heavy atom. The van der Waals surface area contributed by atoms with Crippen molar-refractivity contribution in [2.24, 2.45) is 0 Å². The van der Waals surface area contributed by atoms with Crippen LogP contribution in [0.25, 0.3) is 0 Å². The zero-order valence-corrected chi connectivity index (χ0v) is 17.9. The molecule has 1 aliphatic heterocycles. The van der Waals surface area contributed by atoms with Gasteiger partial charge in [0, 0.05) is 43.1 Å². The summed E-state index contributed by atoms with van der Waals surface area (Å²) in [6, 6.07) is 13.9. The molecule has 1 saturated heterocycles. The maximum absolute atomic E-state index is 12.6. The van der Waals surface area contributed by atoms with Crippen molar-refractivity contribution in [3.63, 3.8) is 0 Å². The van der Waals surface area contributed by atoms with Crippen molar-refractivity contribution < 1.29 is 9.53 Å². The molecule has 0 saturated carbocycles. The van der Waals surface area contributed by atoms with Crippen LogP contribution in [0.3, 0.4) is 0 Å². The van der Waals surface area contributed by atoms with Crippen LogP contribution in [-0.2, 0) is 0 Å². The number of methoxy groups -OCH3 is 1. The fourth-order valence-electron chi connectivity index (χ4n) is 3.84. The molecule has 2 atom stereocenters. The van der Waals surface area contributed by atoms with Crippen molar-refractivity contribution >= 4 is 28.3 Å². The maximum Gasteiger partial charge on any atom is 0.320 e. The summed E-state index contributed by atoms with van der Waals surface area (Å²) in [5.41, 5.74) is 3.22. The average Bonchev–Trinajstić information content (AvgIpc) is 3.19. The highest BCUT2D eigenvalue weighted by Crippen LogP contribution is 2.31. The van der Waals surface area contributed by atoms with Gasteiger partial charge in [0.15, 0.2) is 0 Å². The van der Waals surface area contributed by atoms with Gasteiger partial charge in [-0.05, 0) is 60.8 Å². The van der Waals surface area contributed by atoms with E-state index in [1.807, 2.05) is 49.6 Å². The van der Waals surface area contributed by atoms with Gasteiger partial charge in [0.1, 0.15) is 10.8 Å². The Morgan fingerprint density at radius 1 is 1.20 bits per heavy atom. The Kier molecular flexibility index (Phi) is 6.13. The second-order valence-electron chi connectivity index (χ2n) is 7.36. The molecule has 0 spiro atoms. The largest absolute Gasteiger partial charge is 0.497 e. The lowest BCUT2D eigenvalue weighted by atomic mass is 9.85. The zero-order chi connectivity index (χ0) is 20.9. The fourth-order valence-corrected chi connectivity index (χ4v) is 4.50. The van der Waals surface area contributed by atoms with E-state index in [0.717, 1.165) is 41.6 Å². The van der Waals surface area contributed by atoms with Gasteiger partial charge in [0.2, 0.25) is 0 Å². The number of aromatic nitrogens is 2. The highest BCUT2D eigenvalue weighted by atomic mass is 32.1. The van der Waals surface area contributed by atoms with E-state index in [-0.39, 0.29) is 18.0 Å². The number of ether oxygens (including phenoxy) is 1. The van der Waals surface area contributed by atoms with E-state index in [0.29, 0.717) is 0 Å². The summed E-state index contributed by atoms with van der Waals surface area (Å²) in [7, 11) is 1.66. The molecule has 2 unspecified atom stereocenters. The number of aryl methyl sites for hydroxylation is 1. The van der Waals surface area contributed by atoms with E-state index in [9.17, 15) is 4.79 Å². The molecule has 2 amide bonds. The van der Waals surface area contributed by atoms with Crippen LogP contribution in [0.5, 0.6) is 5.75 Å². The quantitative estimate of drug-likeness (QED) is 0.648. The number of piperidine rings is 1. The van der Waals surface area contributed by atoms with E-state index in [2.05, 4.69) is 37.0 Å². The maximum atomic E-state index is 12.6. The molecule has 156 valence electrons. The van der Waals surface area contributed by atoms with Gasteiger partial charge in [-0.15, -0.1) is 0 Å². The molecule has 4 rings (SSSR count). The Hall–Kier alpha value is -3.13. The first-order chi connectivity index (χ1) is 14.6. The molecule has 8 heteroatoms. The van der Waals surface area contributed by atoms with Gasteiger partial charge in [-0.2, -0.15) is 4.37 Å². The summed E-state index contributed by atoms with van der Waals surface area (Å²) in [6.45, 7) is 3.58. The van der Waals surface area contributed by atoms with Crippen LogP contribution in [-0.4, -0.2) is 41.6 Å². The first-order valence-electron chi connectivity index (χ1n) is 9.92. The van der Waals surface area contributed by atoms with Gasteiger partial charge in [-0.25, -0.2) is 4.79 Å². The van der Waals surface area contributed by atoms with Crippen LogP contribution < -0.4 is 20.3 Å². The molecule has 3 aromatic rings. The third-order valence-electron chi connectivity index (χ3n) is 5.37. The summed E-state index contributed by atoms with van der Waals surface area (Å²) >= 11 is 1.29. The van der Waals surface area contributed by atoms with Crippen molar-refractivity contribution in [3.05, 3.63) is 66.1 Å². The Bertz CT molecular complexity index is 977. The normalized spacial score (nSPS) is 18.7. The van der Waals surface area contributed by atoms with E-state index in [1.54, 1.807) is 7.11 Å². The molecule has 1 fully saturated rings. The number of carbonyl (C=O) groups excluding carboxylic acids is 1. The number of hydrogen-bond donors (Lipinski definition) is 2. The molecule has 7 nitrogen and oxygen atoms in total. The first kappa shape index (κ1) is 20.2. The van der Waals surface area contributed by atoms with Crippen molar-refractivity contribution in [2.45, 2.75) is 25.3 Å². The molecule has 0 radical (unpaired) electrons. The van der Waals surface area contributed by atoms with Gasteiger partial charge >= 0.3 is 6.03 Å². The van der Waals surface area contributed by atoms with Gasteiger partial charge in [-0.1, -0.05) is 12.1 Å². The van der Waals surface area contributed by atoms with E-state index >= 15 is 0 Å². The smallest absolute Gasteiger partial charge is 0.320 e. The predicted octanol–water partition coefficient (Wildman–Crippen LogP) is 4.04. The minimum Gasteiger partial charge on any atom is -0.497 e. The zero-order valence-electron chi connectivity index (χ0n) is 17.0. The minimum atomic E-state index is -0.195. The van der Waals surface area contributed by atoms with Gasteiger partial charge in [0.05, 0.1) is 12.8 Å². The number of benzene rings is 1. The molecule has 1 aromatic carbocycles. The monoisotopic (exact) mass is 423 g/mol. The van der Waals surface area contributed by atoms with Gasteiger partial charge in [0.25, 0.3) is 0 Å². The minimum absolute atomic E-state index is 0.0190. The summed E-state index contributed by atoms with van der Waals surface area (Å²) in [5.74, 6) is 0.968. The van der Waals surface area contributed by atoms with E-state index in [1.165, 1.54) is 17.1 Å². The van der Waals surface area contributed by atoms with Crippen LogP contribution in [0.4, 0.5) is 15.5 Å². The van der Waals surface area contributed by atoms with Gasteiger partial charge in [-0.3, -0.25) is 10.3 Å². The van der Waals surface area contributed by atoms with Crippen molar-refractivity contribution in [1.82, 2.24) is 14.7 Å². The summed E-state index contributed by atoms with van der Waals surface area (Å²) in [5, 5.41) is 6.84. The Labute approximate surface area is 180 Å². The number of nitrogens with one attached hydrogen (secondary N) is 2. The number of rotatable bonds is 5. The molecular formula is C22H25N5O2S. The summed E-state index contributed by atoms with van der Waals surface area (Å²) in [4.78, 5) is 19.1. The molecule has 2 N–H and O–H groups in total. The van der Waals surface area contributed by atoms with Crippen molar-refractivity contribution in [3.8, 4) is 5.75 Å². The van der Waals surface area contributed by atoms with E-state index in [4.69, 9.17) is 4.74 Å². The second-order valence-corrected chi connectivity index (χ2v) is 8.16. The fraction of sp³-hybridized carbons (Fsp3) is 0.318.